The Labute approximate surface area is 270 Å². The van der Waals surface area contributed by atoms with E-state index in [4.69, 9.17) is 24.4 Å². The Hall–Kier alpha value is -3.98. The summed E-state index contributed by atoms with van der Waals surface area (Å²) in [7, 11) is 0. The van der Waals surface area contributed by atoms with Crippen molar-refractivity contribution in [1.82, 2.24) is 31.3 Å². The smallest absolute Gasteiger partial charge is 0.221 e. The van der Waals surface area contributed by atoms with Crippen molar-refractivity contribution < 1.29 is 9.59 Å². The van der Waals surface area contributed by atoms with Crippen LogP contribution in [0.15, 0.2) is 58.7 Å². The Morgan fingerprint density at radius 2 is 1.05 bits per heavy atom. The van der Waals surface area contributed by atoms with E-state index in [-0.39, 0.29) is 11.8 Å². The van der Waals surface area contributed by atoms with Crippen molar-refractivity contribution in [3.63, 3.8) is 0 Å². The molecule has 12 nitrogen and oxygen atoms in total. The summed E-state index contributed by atoms with van der Waals surface area (Å²) in [6.07, 6.45) is 5.35. The summed E-state index contributed by atoms with van der Waals surface area (Å²) < 4.78 is 0. The quantitative estimate of drug-likeness (QED) is 0.0792. The van der Waals surface area contributed by atoms with Crippen LogP contribution in [0.3, 0.4) is 0 Å². The van der Waals surface area contributed by atoms with E-state index in [0.717, 1.165) is 87.7 Å². The SMILES string of the molecule is CC(=O)Nc1ccc(C=NNC(=S)NCCCN2CCN(CCCNC(=S)NN=Cc3ccc(NC(C)=O)cc3)CC2)cc1. The predicted octanol–water partition coefficient (Wildman–Crippen LogP) is 2.30. The summed E-state index contributed by atoms with van der Waals surface area (Å²) >= 11 is 10.6. The average molecular weight is 639 g/mol. The van der Waals surface area contributed by atoms with Crippen molar-refractivity contribution in [2.75, 3.05) is 63.0 Å². The Balaban J connectivity index is 1.17. The van der Waals surface area contributed by atoms with E-state index in [1.807, 2.05) is 48.5 Å². The first-order chi connectivity index (χ1) is 21.3. The average Bonchev–Trinajstić information content (AvgIpc) is 2.99. The van der Waals surface area contributed by atoms with Gasteiger partial charge in [-0.1, -0.05) is 24.3 Å². The fourth-order valence-corrected chi connectivity index (χ4v) is 4.68. The Bertz CT molecular complexity index is 1180. The second-order valence-corrected chi connectivity index (χ2v) is 11.1. The van der Waals surface area contributed by atoms with Gasteiger partial charge in [0.25, 0.3) is 0 Å². The minimum atomic E-state index is -0.101. The van der Waals surface area contributed by atoms with Crippen molar-refractivity contribution >= 4 is 70.3 Å². The molecule has 3 rings (SSSR count). The van der Waals surface area contributed by atoms with Crippen LogP contribution in [-0.4, -0.2) is 96.6 Å². The lowest BCUT2D eigenvalue weighted by Gasteiger charge is -2.34. The highest BCUT2D eigenvalue weighted by Gasteiger charge is 2.15. The monoisotopic (exact) mass is 638 g/mol. The normalized spacial score (nSPS) is 13.9. The van der Waals surface area contributed by atoms with E-state index < -0.39 is 0 Å². The first-order valence-corrected chi connectivity index (χ1v) is 15.4. The molecule has 1 aliphatic heterocycles. The summed E-state index contributed by atoms with van der Waals surface area (Å²) in [6, 6.07) is 14.8. The van der Waals surface area contributed by atoms with E-state index in [1.165, 1.54) is 13.8 Å². The molecule has 0 bridgehead atoms. The zero-order valence-electron chi connectivity index (χ0n) is 25.3. The Morgan fingerprint density at radius 3 is 1.39 bits per heavy atom. The fourth-order valence-electron chi connectivity index (χ4n) is 4.37. The van der Waals surface area contributed by atoms with Crippen LogP contribution < -0.4 is 32.1 Å². The molecule has 1 aliphatic rings. The molecule has 0 atom stereocenters. The van der Waals surface area contributed by atoms with Crippen molar-refractivity contribution in [3.05, 3.63) is 59.7 Å². The number of thiocarbonyl (C=S) groups is 2. The maximum atomic E-state index is 11.1. The highest BCUT2D eigenvalue weighted by atomic mass is 32.1. The molecule has 2 amide bonds. The van der Waals surface area contributed by atoms with Crippen LogP contribution in [0, 0.1) is 0 Å². The molecule has 1 heterocycles. The number of hydrogen-bond acceptors (Lipinski definition) is 8. The van der Waals surface area contributed by atoms with E-state index in [1.54, 1.807) is 12.4 Å². The first kappa shape index (κ1) is 34.5. The van der Waals surface area contributed by atoms with E-state index in [2.05, 4.69) is 52.1 Å². The van der Waals surface area contributed by atoms with Gasteiger partial charge in [0.1, 0.15) is 0 Å². The zero-order valence-corrected chi connectivity index (χ0v) is 26.9. The molecule has 2 aromatic rings. The standard InChI is InChI=1S/C30H42N10O2S2/c1-23(41)35-27-9-5-25(6-10-27)21-33-37-29(43)31-13-3-15-39-17-19-40(20-18-39)16-4-14-32-30(44)38-34-22-26-7-11-28(12-8-26)36-24(2)42/h5-12,21-22H,3-4,13-20H2,1-2H3,(H,35,41)(H,36,42)(H2,31,37,43)(H2,32,38,44). The third kappa shape index (κ3) is 14.5. The summed E-state index contributed by atoms with van der Waals surface area (Å²) in [5, 5.41) is 21.2. The summed E-state index contributed by atoms with van der Waals surface area (Å²) in [5.74, 6) is -0.202. The predicted molar refractivity (Wildman–Crippen MR) is 186 cm³/mol. The van der Waals surface area contributed by atoms with Crippen LogP contribution in [0.5, 0.6) is 0 Å². The lowest BCUT2D eigenvalue weighted by atomic mass is 10.2. The van der Waals surface area contributed by atoms with E-state index in [0.29, 0.717) is 10.2 Å². The van der Waals surface area contributed by atoms with Gasteiger partial charge in [0.15, 0.2) is 10.2 Å². The number of piperazine rings is 1. The summed E-state index contributed by atoms with van der Waals surface area (Å²) in [6.45, 7) is 10.8. The van der Waals surface area contributed by atoms with Gasteiger partial charge in [0.05, 0.1) is 12.4 Å². The molecule has 6 N–H and O–H groups in total. The van der Waals surface area contributed by atoms with Gasteiger partial charge in [-0.15, -0.1) is 0 Å². The summed E-state index contributed by atoms with van der Waals surface area (Å²) in [5.41, 5.74) is 8.98. The van der Waals surface area contributed by atoms with Gasteiger partial charge in [-0.25, -0.2) is 0 Å². The van der Waals surface area contributed by atoms with Gasteiger partial charge in [0.2, 0.25) is 11.8 Å². The minimum Gasteiger partial charge on any atom is -0.361 e. The van der Waals surface area contributed by atoms with Crippen LogP contribution in [-0.2, 0) is 9.59 Å². The Morgan fingerprint density at radius 1 is 0.682 bits per heavy atom. The van der Waals surface area contributed by atoms with Crippen molar-refractivity contribution in [2.24, 2.45) is 10.2 Å². The molecule has 1 fully saturated rings. The molecule has 236 valence electrons. The van der Waals surface area contributed by atoms with Gasteiger partial charge in [0, 0.05) is 64.5 Å². The number of hydrazone groups is 2. The molecule has 0 aromatic heterocycles. The topological polar surface area (TPSA) is 138 Å². The van der Waals surface area contributed by atoms with Crippen LogP contribution in [0.4, 0.5) is 11.4 Å². The van der Waals surface area contributed by atoms with Crippen molar-refractivity contribution in [1.29, 1.82) is 0 Å². The maximum absolute atomic E-state index is 11.1. The highest BCUT2D eigenvalue weighted by Crippen LogP contribution is 2.09. The number of nitrogens with one attached hydrogen (secondary N) is 6. The molecule has 1 saturated heterocycles. The maximum Gasteiger partial charge on any atom is 0.221 e. The second-order valence-electron chi connectivity index (χ2n) is 10.2. The third-order valence-corrected chi connectivity index (χ3v) is 7.03. The molecular weight excluding hydrogens is 597 g/mol. The van der Waals surface area contributed by atoms with Gasteiger partial charge in [-0.2, -0.15) is 10.2 Å². The summed E-state index contributed by atoms with van der Waals surface area (Å²) in [4.78, 5) is 27.2. The molecule has 14 heteroatoms. The number of benzene rings is 2. The minimum absolute atomic E-state index is 0.101. The van der Waals surface area contributed by atoms with Gasteiger partial charge >= 0.3 is 0 Å². The number of carbonyl (C=O) groups excluding carboxylic acids is 2. The van der Waals surface area contributed by atoms with E-state index in [9.17, 15) is 9.59 Å². The van der Waals surface area contributed by atoms with Crippen LogP contribution in [0.1, 0.15) is 37.8 Å². The number of nitrogens with zero attached hydrogens (tertiary/aromatic N) is 4. The number of hydrogen-bond donors (Lipinski definition) is 6. The molecule has 0 aliphatic carbocycles. The molecule has 0 spiro atoms. The van der Waals surface area contributed by atoms with Gasteiger partial charge in [-0.05, 0) is 85.8 Å². The Kier molecular flexibility index (Phi) is 15.2. The largest absolute Gasteiger partial charge is 0.361 e. The number of anilines is 2. The van der Waals surface area contributed by atoms with Gasteiger partial charge < -0.3 is 31.1 Å². The number of rotatable bonds is 14. The lowest BCUT2D eigenvalue weighted by Crippen LogP contribution is -2.47. The second kappa shape index (κ2) is 19.3. The van der Waals surface area contributed by atoms with Crippen LogP contribution in [0.25, 0.3) is 0 Å². The van der Waals surface area contributed by atoms with Crippen molar-refractivity contribution in [2.45, 2.75) is 26.7 Å². The van der Waals surface area contributed by atoms with E-state index >= 15 is 0 Å². The molecule has 0 radical (unpaired) electrons. The molecule has 0 unspecified atom stereocenters. The van der Waals surface area contributed by atoms with Gasteiger partial charge in [-0.3, -0.25) is 20.4 Å². The molecule has 2 aromatic carbocycles. The molecule has 44 heavy (non-hydrogen) atoms. The lowest BCUT2D eigenvalue weighted by molar-refractivity contribution is -0.115. The van der Waals surface area contributed by atoms with Crippen LogP contribution >= 0.6 is 24.4 Å². The first-order valence-electron chi connectivity index (χ1n) is 14.6. The zero-order chi connectivity index (χ0) is 31.6. The molecular formula is C30H42N10O2S2. The third-order valence-electron chi connectivity index (χ3n) is 6.56. The fraction of sp³-hybridized carbons (Fsp3) is 0.400. The molecule has 0 saturated carbocycles. The van der Waals surface area contributed by atoms with Crippen LogP contribution in [0.2, 0.25) is 0 Å². The highest BCUT2D eigenvalue weighted by molar-refractivity contribution is 7.80. The number of carbonyl (C=O) groups is 2. The number of amides is 2. The van der Waals surface area contributed by atoms with Crippen molar-refractivity contribution in [3.8, 4) is 0 Å².